The maximum atomic E-state index is 4.11. The van der Waals surface area contributed by atoms with Gasteiger partial charge in [0.05, 0.1) is 6.04 Å². The van der Waals surface area contributed by atoms with Gasteiger partial charge in [0.25, 0.3) is 0 Å². The van der Waals surface area contributed by atoms with Crippen LogP contribution < -0.4 is 0 Å². The Morgan fingerprint density at radius 2 is 2.27 bits per heavy atom. The van der Waals surface area contributed by atoms with Gasteiger partial charge in [0.2, 0.25) is 0 Å². The molecule has 0 aliphatic heterocycles. The topological polar surface area (TPSA) is 30.7 Å². The van der Waals surface area contributed by atoms with Gasteiger partial charge in [-0.15, -0.1) is 0 Å². The molecule has 1 heterocycles. The van der Waals surface area contributed by atoms with Crippen LogP contribution in [-0.2, 0) is 0 Å². The molecule has 0 saturated heterocycles. The van der Waals surface area contributed by atoms with Gasteiger partial charge >= 0.3 is 0 Å². The Balaban J connectivity index is 2.56. The Labute approximate surface area is 67.4 Å². The minimum absolute atomic E-state index is 0.544. The Hall–Kier alpha value is -0.860. The molecule has 1 aromatic heterocycles. The molecule has 0 spiro atoms. The first kappa shape index (κ1) is 8.24. The van der Waals surface area contributed by atoms with Crippen molar-refractivity contribution in [1.82, 2.24) is 14.8 Å². The van der Waals surface area contributed by atoms with Crippen molar-refractivity contribution >= 4 is 0 Å². The van der Waals surface area contributed by atoms with Crippen molar-refractivity contribution in [3.05, 3.63) is 12.7 Å². The summed E-state index contributed by atoms with van der Waals surface area (Å²) in [7, 11) is 0. The van der Waals surface area contributed by atoms with Crippen LogP contribution in [0.2, 0.25) is 0 Å². The van der Waals surface area contributed by atoms with E-state index in [0.29, 0.717) is 6.04 Å². The molecule has 11 heavy (non-hydrogen) atoms. The van der Waals surface area contributed by atoms with Gasteiger partial charge < -0.3 is 0 Å². The highest BCUT2D eigenvalue weighted by Crippen LogP contribution is 2.14. The second-order valence-corrected chi connectivity index (χ2v) is 2.73. The van der Waals surface area contributed by atoms with Crippen LogP contribution >= 0.6 is 0 Å². The smallest absolute Gasteiger partial charge is 0.137 e. The lowest BCUT2D eigenvalue weighted by molar-refractivity contribution is 0.408. The largest absolute Gasteiger partial charge is 0.250 e. The molecule has 3 heteroatoms. The third-order valence-electron chi connectivity index (χ3n) is 1.90. The van der Waals surface area contributed by atoms with Gasteiger partial charge in [0, 0.05) is 0 Å². The molecule has 1 unspecified atom stereocenters. The summed E-state index contributed by atoms with van der Waals surface area (Å²) in [6.07, 6.45) is 6.93. The van der Waals surface area contributed by atoms with E-state index in [2.05, 4.69) is 23.9 Å². The zero-order chi connectivity index (χ0) is 8.10. The van der Waals surface area contributed by atoms with Crippen molar-refractivity contribution in [3.63, 3.8) is 0 Å². The Morgan fingerprint density at radius 3 is 2.73 bits per heavy atom. The summed E-state index contributed by atoms with van der Waals surface area (Å²) in [6, 6.07) is 0.544. The molecule has 1 rings (SSSR count). The number of nitrogens with zero attached hydrogens (tertiary/aromatic N) is 3. The quantitative estimate of drug-likeness (QED) is 0.662. The van der Waals surface area contributed by atoms with Gasteiger partial charge in [-0.3, -0.25) is 0 Å². The molecule has 0 aliphatic rings. The van der Waals surface area contributed by atoms with Crippen LogP contribution in [0.3, 0.4) is 0 Å². The number of rotatable bonds is 4. The first-order valence-corrected chi connectivity index (χ1v) is 4.22. The first-order chi connectivity index (χ1) is 5.38. The van der Waals surface area contributed by atoms with Gasteiger partial charge in [-0.25, -0.2) is 9.67 Å². The van der Waals surface area contributed by atoms with Crippen molar-refractivity contribution in [2.24, 2.45) is 0 Å². The highest BCUT2D eigenvalue weighted by molar-refractivity contribution is 4.66. The van der Waals surface area contributed by atoms with E-state index in [4.69, 9.17) is 0 Å². The Bertz CT molecular complexity index is 181. The minimum atomic E-state index is 0.544. The number of aromatic nitrogens is 3. The average molecular weight is 153 g/mol. The lowest BCUT2D eigenvalue weighted by Crippen LogP contribution is -2.07. The maximum absolute atomic E-state index is 4.11. The zero-order valence-electron chi connectivity index (χ0n) is 7.20. The highest BCUT2D eigenvalue weighted by Gasteiger charge is 2.06. The number of hydrogen-bond acceptors (Lipinski definition) is 2. The van der Waals surface area contributed by atoms with Crippen LogP contribution in [0, 0.1) is 0 Å². The van der Waals surface area contributed by atoms with E-state index in [9.17, 15) is 0 Å². The third kappa shape index (κ3) is 2.03. The van der Waals surface area contributed by atoms with Gasteiger partial charge in [-0.05, 0) is 12.8 Å². The average Bonchev–Trinajstić information content (AvgIpc) is 2.52. The molecule has 0 saturated carbocycles. The van der Waals surface area contributed by atoms with Gasteiger partial charge in [-0.1, -0.05) is 20.3 Å². The van der Waals surface area contributed by atoms with Gasteiger partial charge in [0.1, 0.15) is 12.7 Å². The second kappa shape index (κ2) is 4.11. The fourth-order valence-electron chi connectivity index (χ4n) is 1.26. The normalized spacial score (nSPS) is 13.3. The summed E-state index contributed by atoms with van der Waals surface area (Å²) >= 11 is 0. The van der Waals surface area contributed by atoms with Gasteiger partial charge in [-0.2, -0.15) is 5.10 Å². The summed E-state index contributed by atoms with van der Waals surface area (Å²) in [5.41, 5.74) is 0. The predicted octanol–water partition coefficient (Wildman–Crippen LogP) is 2.03. The Morgan fingerprint density at radius 1 is 1.45 bits per heavy atom. The third-order valence-corrected chi connectivity index (χ3v) is 1.90. The lowest BCUT2D eigenvalue weighted by atomic mass is 10.1. The molecule has 0 amide bonds. The molecule has 0 bridgehead atoms. The molecule has 0 fully saturated rings. The van der Waals surface area contributed by atoms with E-state index < -0.39 is 0 Å². The van der Waals surface area contributed by atoms with Crippen LogP contribution in [0.15, 0.2) is 12.7 Å². The van der Waals surface area contributed by atoms with Crippen LogP contribution in [0.4, 0.5) is 0 Å². The highest BCUT2D eigenvalue weighted by atomic mass is 15.3. The molecule has 0 radical (unpaired) electrons. The molecular formula is C8H15N3. The van der Waals surface area contributed by atoms with Gasteiger partial charge in [0.15, 0.2) is 0 Å². The summed E-state index contributed by atoms with van der Waals surface area (Å²) < 4.78 is 1.95. The monoisotopic (exact) mass is 153 g/mol. The van der Waals surface area contributed by atoms with E-state index in [1.165, 1.54) is 12.8 Å². The van der Waals surface area contributed by atoms with E-state index in [-0.39, 0.29) is 0 Å². The number of hydrogen-bond donors (Lipinski definition) is 0. The molecule has 0 N–H and O–H groups in total. The van der Waals surface area contributed by atoms with Crippen molar-refractivity contribution < 1.29 is 0 Å². The molecule has 3 nitrogen and oxygen atoms in total. The van der Waals surface area contributed by atoms with Crippen molar-refractivity contribution in [1.29, 1.82) is 0 Å². The summed E-state index contributed by atoms with van der Waals surface area (Å²) in [5.74, 6) is 0. The maximum Gasteiger partial charge on any atom is 0.137 e. The SMILES string of the molecule is CCCC(CC)n1cncn1. The predicted molar refractivity (Wildman–Crippen MR) is 44.3 cm³/mol. The Kier molecular flexibility index (Phi) is 3.08. The molecular weight excluding hydrogens is 138 g/mol. The first-order valence-electron chi connectivity index (χ1n) is 4.22. The molecule has 1 atom stereocenters. The van der Waals surface area contributed by atoms with Crippen molar-refractivity contribution in [2.75, 3.05) is 0 Å². The standard InChI is InChI=1S/C8H15N3/c1-3-5-8(4-2)11-7-9-6-10-11/h6-8H,3-5H2,1-2H3. The summed E-state index contributed by atoms with van der Waals surface area (Å²) in [4.78, 5) is 3.93. The summed E-state index contributed by atoms with van der Waals surface area (Å²) in [6.45, 7) is 4.38. The minimum Gasteiger partial charge on any atom is -0.250 e. The molecule has 0 aliphatic carbocycles. The lowest BCUT2D eigenvalue weighted by Gasteiger charge is -2.12. The van der Waals surface area contributed by atoms with E-state index >= 15 is 0 Å². The fourth-order valence-corrected chi connectivity index (χ4v) is 1.26. The van der Waals surface area contributed by atoms with E-state index in [1.54, 1.807) is 12.7 Å². The van der Waals surface area contributed by atoms with Crippen LogP contribution in [0.5, 0.6) is 0 Å². The van der Waals surface area contributed by atoms with Crippen LogP contribution in [-0.4, -0.2) is 14.8 Å². The molecule has 62 valence electrons. The second-order valence-electron chi connectivity index (χ2n) is 2.73. The zero-order valence-corrected chi connectivity index (χ0v) is 7.20. The van der Waals surface area contributed by atoms with Crippen LogP contribution in [0.1, 0.15) is 39.2 Å². The van der Waals surface area contributed by atoms with Crippen LogP contribution in [0.25, 0.3) is 0 Å². The van der Waals surface area contributed by atoms with Crippen molar-refractivity contribution in [3.8, 4) is 0 Å². The van der Waals surface area contributed by atoms with E-state index in [1.807, 2.05) is 4.68 Å². The van der Waals surface area contributed by atoms with E-state index in [0.717, 1.165) is 6.42 Å². The molecule has 1 aromatic rings. The molecule has 0 aromatic carbocycles. The summed E-state index contributed by atoms with van der Waals surface area (Å²) in [5, 5.41) is 4.11. The fraction of sp³-hybridized carbons (Fsp3) is 0.750. The van der Waals surface area contributed by atoms with Crippen molar-refractivity contribution in [2.45, 2.75) is 39.2 Å².